The van der Waals surface area contributed by atoms with Crippen LogP contribution in [0.25, 0.3) is 0 Å². The van der Waals surface area contributed by atoms with Crippen LogP contribution in [0, 0.1) is 0 Å². The van der Waals surface area contributed by atoms with Crippen LogP contribution in [0.3, 0.4) is 0 Å². The van der Waals surface area contributed by atoms with Gasteiger partial charge < -0.3 is 5.11 Å². The summed E-state index contributed by atoms with van der Waals surface area (Å²) in [5.41, 5.74) is 0. The number of unbranched alkanes of at least 4 members (excludes halogenated alkanes) is 10. The van der Waals surface area contributed by atoms with Crippen molar-refractivity contribution >= 4 is 64.2 Å². The number of carboxylic acids is 1. The molecule has 0 aliphatic rings. The molecule has 2 nitrogen and oxygen atoms in total. The second-order valence-corrected chi connectivity index (χ2v) is 4.68. The second-order valence-electron chi connectivity index (χ2n) is 4.68. The number of rotatable bonds is 12. The zero-order chi connectivity index (χ0) is 12.1. The van der Waals surface area contributed by atoms with E-state index in [0.717, 1.165) is 12.8 Å². The molecule has 0 saturated heterocycles. The third-order valence-corrected chi connectivity index (χ3v) is 2.99. The minimum atomic E-state index is -0.657. The van der Waals surface area contributed by atoms with Crippen LogP contribution in [-0.4, -0.2) is 69.3 Å². The van der Waals surface area contributed by atoms with Crippen LogP contribution in [0.2, 0.25) is 0 Å². The molecule has 0 saturated carbocycles. The maximum absolute atomic E-state index is 10.3. The quantitative estimate of drug-likeness (QED) is 0.550. The third-order valence-electron chi connectivity index (χ3n) is 2.99. The first-order valence-electron chi connectivity index (χ1n) is 6.99. The van der Waals surface area contributed by atoms with Gasteiger partial charge in [0.05, 0.1) is 0 Å². The summed E-state index contributed by atoms with van der Waals surface area (Å²) in [7, 11) is 0. The molecule has 0 bridgehead atoms. The van der Waals surface area contributed by atoms with Gasteiger partial charge >= 0.3 is 64.2 Å². The fraction of sp³-hybridized carbons (Fsp3) is 0.929. The Morgan fingerprint density at radius 1 is 0.765 bits per heavy atom. The zero-order valence-corrected chi connectivity index (χ0v) is 10.8. The van der Waals surface area contributed by atoms with Gasteiger partial charge in [0.1, 0.15) is 0 Å². The van der Waals surface area contributed by atoms with Gasteiger partial charge in [-0.15, -0.1) is 0 Å². The number of carbonyl (C=O) groups is 1. The number of hydrogen-bond donors (Lipinski definition) is 1. The summed E-state index contributed by atoms with van der Waals surface area (Å²) >= 11 is 0. The average molecular weight is 315 g/mol. The van der Waals surface area contributed by atoms with Crippen molar-refractivity contribution in [2.24, 2.45) is 0 Å². The topological polar surface area (TPSA) is 37.3 Å². The predicted octanol–water partition coefficient (Wildman–Crippen LogP) is 4.12. The van der Waals surface area contributed by atoms with Gasteiger partial charge in [-0.3, -0.25) is 4.79 Å². The van der Waals surface area contributed by atoms with Crippen molar-refractivity contribution in [3.8, 4) is 0 Å². The molecule has 0 radical (unpaired) electrons. The Hall–Kier alpha value is 1.28. The summed E-state index contributed by atoms with van der Waals surface area (Å²) in [4.78, 5) is 10.3. The molecule has 0 amide bonds. The standard InChI is InChI=1S/C14H28O2.Rb.H/c1-2-3-4-5-6-7-8-9-10-11-12-13-14(15)16;;/h2-13H2,1H3,(H,15,16);;. The van der Waals surface area contributed by atoms with Crippen LogP contribution in [0.15, 0.2) is 0 Å². The van der Waals surface area contributed by atoms with E-state index in [1.54, 1.807) is 0 Å². The number of aliphatic carboxylic acids is 1. The second kappa shape index (κ2) is 17.3. The fourth-order valence-corrected chi connectivity index (χ4v) is 1.94. The van der Waals surface area contributed by atoms with Crippen molar-refractivity contribution in [1.29, 1.82) is 0 Å². The summed E-state index contributed by atoms with van der Waals surface area (Å²) in [5.74, 6) is -0.657. The first-order valence-corrected chi connectivity index (χ1v) is 6.99. The molecule has 0 aromatic carbocycles. The van der Waals surface area contributed by atoms with Crippen LogP contribution in [-0.2, 0) is 4.79 Å². The number of hydrogen-bond acceptors (Lipinski definition) is 1. The summed E-state index contributed by atoms with van der Waals surface area (Å²) in [6.45, 7) is 2.25. The van der Waals surface area contributed by atoms with E-state index < -0.39 is 5.97 Å². The van der Waals surface area contributed by atoms with Crippen LogP contribution in [0.1, 0.15) is 84.0 Å². The van der Waals surface area contributed by atoms with E-state index in [2.05, 4.69) is 6.92 Å². The fourth-order valence-electron chi connectivity index (χ4n) is 1.94. The minimum absolute atomic E-state index is 0. The molecular weight excluding hydrogens is 286 g/mol. The van der Waals surface area contributed by atoms with Crippen LogP contribution in [0.5, 0.6) is 0 Å². The van der Waals surface area contributed by atoms with Gasteiger partial charge in [0.2, 0.25) is 0 Å². The van der Waals surface area contributed by atoms with Gasteiger partial charge in [-0.1, -0.05) is 71.1 Å². The first-order chi connectivity index (χ1) is 7.77. The van der Waals surface area contributed by atoms with E-state index in [0.29, 0.717) is 6.42 Å². The monoisotopic (exact) mass is 314 g/mol. The summed E-state index contributed by atoms with van der Waals surface area (Å²) in [5, 5.41) is 8.46. The Kier molecular flexibility index (Phi) is 20.9. The summed E-state index contributed by atoms with van der Waals surface area (Å²) in [6, 6.07) is 0. The van der Waals surface area contributed by atoms with Crippen LogP contribution < -0.4 is 0 Å². The molecule has 0 aromatic heterocycles. The molecule has 0 aliphatic heterocycles. The SMILES string of the molecule is CCCCCCCCCCCCCC(=O)O.[RbH]. The van der Waals surface area contributed by atoms with E-state index in [4.69, 9.17) is 5.11 Å². The van der Waals surface area contributed by atoms with Gasteiger partial charge in [-0.2, -0.15) is 0 Å². The maximum atomic E-state index is 10.3. The van der Waals surface area contributed by atoms with E-state index in [-0.39, 0.29) is 58.2 Å². The van der Waals surface area contributed by atoms with Crippen molar-refractivity contribution in [3.63, 3.8) is 0 Å². The molecule has 0 spiro atoms. The predicted molar refractivity (Wildman–Crippen MR) is 75.9 cm³/mol. The van der Waals surface area contributed by atoms with Crippen molar-refractivity contribution in [2.45, 2.75) is 84.0 Å². The van der Waals surface area contributed by atoms with E-state index in [1.807, 2.05) is 0 Å². The number of carboxylic acid groups (broad SMARTS) is 1. The molecule has 1 N–H and O–H groups in total. The van der Waals surface area contributed by atoms with E-state index in [1.165, 1.54) is 57.8 Å². The molecule has 98 valence electrons. The average Bonchev–Trinajstić information content (AvgIpc) is 2.25. The normalized spacial score (nSPS) is 9.94. The van der Waals surface area contributed by atoms with Crippen LogP contribution >= 0.6 is 0 Å². The molecule has 0 aliphatic carbocycles. The Morgan fingerprint density at radius 2 is 1.12 bits per heavy atom. The Bertz CT molecular complexity index is 160. The van der Waals surface area contributed by atoms with Crippen LogP contribution in [0.4, 0.5) is 0 Å². The molecule has 17 heavy (non-hydrogen) atoms. The van der Waals surface area contributed by atoms with Gasteiger partial charge in [-0.05, 0) is 6.42 Å². The molecule has 0 heterocycles. The van der Waals surface area contributed by atoms with Crippen molar-refractivity contribution in [3.05, 3.63) is 0 Å². The molecular formula is C14H29O2Rb. The molecule has 0 fully saturated rings. The molecule has 0 atom stereocenters. The van der Waals surface area contributed by atoms with Gasteiger partial charge in [0.15, 0.2) is 0 Å². The van der Waals surface area contributed by atoms with Gasteiger partial charge in [0.25, 0.3) is 0 Å². The summed E-state index contributed by atoms with van der Waals surface area (Å²) < 4.78 is 0. The third kappa shape index (κ3) is 19.8. The van der Waals surface area contributed by atoms with E-state index in [9.17, 15) is 4.79 Å². The Morgan fingerprint density at radius 3 is 1.47 bits per heavy atom. The van der Waals surface area contributed by atoms with Crippen molar-refractivity contribution < 1.29 is 9.90 Å². The summed E-state index contributed by atoms with van der Waals surface area (Å²) in [6.07, 6.45) is 14.4. The molecule has 3 heteroatoms. The van der Waals surface area contributed by atoms with Gasteiger partial charge in [-0.25, -0.2) is 0 Å². The Labute approximate surface area is 156 Å². The van der Waals surface area contributed by atoms with Crippen molar-refractivity contribution in [1.82, 2.24) is 0 Å². The Balaban J connectivity index is 0. The molecule has 0 aromatic rings. The zero-order valence-electron chi connectivity index (χ0n) is 10.8. The molecule has 0 rings (SSSR count). The molecule has 0 unspecified atom stereocenters. The first kappa shape index (κ1) is 20.6. The van der Waals surface area contributed by atoms with Gasteiger partial charge in [0, 0.05) is 6.42 Å². The van der Waals surface area contributed by atoms with Crippen molar-refractivity contribution in [2.75, 3.05) is 0 Å². The van der Waals surface area contributed by atoms with E-state index >= 15 is 0 Å².